The largest absolute Gasteiger partial charge is 0.378 e. The molecule has 0 bridgehead atoms. The van der Waals surface area contributed by atoms with Crippen molar-refractivity contribution in [3.63, 3.8) is 0 Å². The minimum Gasteiger partial charge on any atom is -0.378 e. The summed E-state index contributed by atoms with van der Waals surface area (Å²) in [5.74, 6) is -1.61. The lowest BCUT2D eigenvalue weighted by atomic mass is 10.1. The van der Waals surface area contributed by atoms with Crippen LogP contribution in [-0.4, -0.2) is 59.7 Å². The van der Waals surface area contributed by atoms with Crippen molar-refractivity contribution in [3.05, 3.63) is 70.8 Å². The first-order valence-corrected chi connectivity index (χ1v) is 8.46. The molecule has 0 aromatic heterocycles. The quantitative estimate of drug-likeness (QED) is 0.753. The predicted molar refractivity (Wildman–Crippen MR) is 94.4 cm³/mol. The summed E-state index contributed by atoms with van der Waals surface area (Å²) in [5.41, 5.74) is 1.38. The number of imide groups is 2. The normalized spacial score (nSPS) is 15.8. The molecular formula is C20H16N2O5. The topological polar surface area (TPSA) is 84.0 Å². The summed E-state index contributed by atoms with van der Waals surface area (Å²) in [6, 6.07) is 13.2. The molecule has 27 heavy (non-hydrogen) atoms. The summed E-state index contributed by atoms with van der Waals surface area (Å²) in [7, 11) is 1.42. The first-order valence-electron chi connectivity index (χ1n) is 8.46. The molecule has 2 heterocycles. The maximum absolute atomic E-state index is 12.5. The molecule has 4 rings (SSSR count). The summed E-state index contributed by atoms with van der Waals surface area (Å²) in [4.78, 5) is 52.2. The van der Waals surface area contributed by atoms with Crippen LogP contribution in [0.15, 0.2) is 48.5 Å². The van der Waals surface area contributed by atoms with E-state index in [1.54, 1.807) is 48.5 Å². The highest BCUT2D eigenvalue weighted by atomic mass is 16.5. The van der Waals surface area contributed by atoms with Crippen molar-refractivity contribution in [2.75, 3.05) is 20.2 Å². The van der Waals surface area contributed by atoms with Crippen molar-refractivity contribution < 1.29 is 23.9 Å². The average molecular weight is 364 g/mol. The number of rotatable bonds is 5. The number of carbonyl (C=O) groups is 4. The Bertz CT molecular complexity index is 836. The number of benzene rings is 2. The number of amides is 4. The number of carbonyl (C=O) groups excluding carboxylic acids is 4. The molecule has 0 unspecified atom stereocenters. The Balaban J connectivity index is 1.52. The monoisotopic (exact) mass is 364 g/mol. The Hall–Kier alpha value is -3.32. The fourth-order valence-corrected chi connectivity index (χ4v) is 3.42. The van der Waals surface area contributed by atoms with Crippen LogP contribution in [0.3, 0.4) is 0 Å². The maximum atomic E-state index is 12.5. The fourth-order valence-electron chi connectivity index (χ4n) is 3.42. The summed E-state index contributed by atoms with van der Waals surface area (Å²) in [5, 5.41) is 0. The van der Waals surface area contributed by atoms with E-state index in [9.17, 15) is 19.2 Å². The molecule has 0 aliphatic carbocycles. The molecule has 0 N–H and O–H groups in total. The third-order valence-corrected chi connectivity index (χ3v) is 4.86. The van der Waals surface area contributed by atoms with Crippen molar-refractivity contribution in [2.24, 2.45) is 0 Å². The average Bonchev–Trinajstić information content (AvgIpc) is 3.08. The Kier molecular flexibility index (Phi) is 4.08. The van der Waals surface area contributed by atoms with Gasteiger partial charge in [-0.25, -0.2) is 0 Å². The van der Waals surface area contributed by atoms with Crippen molar-refractivity contribution in [1.29, 1.82) is 0 Å². The zero-order valence-corrected chi connectivity index (χ0v) is 14.5. The van der Waals surface area contributed by atoms with E-state index in [1.165, 1.54) is 7.11 Å². The Labute approximate surface area is 155 Å². The zero-order valence-electron chi connectivity index (χ0n) is 14.5. The van der Waals surface area contributed by atoms with Gasteiger partial charge in [0.2, 0.25) is 0 Å². The molecule has 2 aliphatic heterocycles. The number of hydrogen-bond donors (Lipinski definition) is 0. The van der Waals surface area contributed by atoms with Crippen molar-refractivity contribution in [1.82, 2.24) is 9.80 Å². The van der Waals surface area contributed by atoms with Crippen LogP contribution in [0.1, 0.15) is 41.4 Å². The van der Waals surface area contributed by atoms with E-state index >= 15 is 0 Å². The lowest BCUT2D eigenvalue weighted by Crippen LogP contribution is -2.45. The SMILES string of the molecule is COC(CN1C(=O)c2ccccc2C1=O)CN1C(=O)c2ccccc2C1=O. The third-order valence-electron chi connectivity index (χ3n) is 4.86. The first kappa shape index (κ1) is 17.1. The van der Waals surface area contributed by atoms with Gasteiger partial charge in [-0.3, -0.25) is 29.0 Å². The number of methoxy groups -OCH3 is 1. The van der Waals surface area contributed by atoms with Gasteiger partial charge in [-0.05, 0) is 24.3 Å². The second kappa shape index (κ2) is 6.44. The lowest BCUT2D eigenvalue weighted by Gasteiger charge is -2.25. The molecule has 2 aliphatic rings. The van der Waals surface area contributed by atoms with Crippen molar-refractivity contribution in [3.8, 4) is 0 Å². The van der Waals surface area contributed by atoms with Crippen LogP contribution < -0.4 is 0 Å². The molecule has 2 aromatic rings. The van der Waals surface area contributed by atoms with Gasteiger partial charge in [-0.15, -0.1) is 0 Å². The van der Waals surface area contributed by atoms with Crippen LogP contribution in [0.5, 0.6) is 0 Å². The van der Waals surface area contributed by atoms with Gasteiger partial charge in [0.25, 0.3) is 23.6 Å². The van der Waals surface area contributed by atoms with Gasteiger partial charge in [-0.2, -0.15) is 0 Å². The van der Waals surface area contributed by atoms with E-state index in [2.05, 4.69) is 0 Å². The molecule has 0 saturated heterocycles. The van der Waals surface area contributed by atoms with Gasteiger partial charge in [0.05, 0.1) is 41.4 Å². The molecule has 4 amide bonds. The second-order valence-electron chi connectivity index (χ2n) is 6.39. The molecule has 7 heteroatoms. The van der Waals surface area contributed by atoms with Crippen LogP contribution in [0.2, 0.25) is 0 Å². The van der Waals surface area contributed by atoms with E-state index in [0.29, 0.717) is 22.3 Å². The van der Waals surface area contributed by atoms with Crippen LogP contribution in [-0.2, 0) is 4.74 Å². The maximum Gasteiger partial charge on any atom is 0.261 e. The molecule has 136 valence electrons. The minimum atomic E-state index is -0.686. The summed E-state index contributed by atoms with van der Waals surface area (Å²) in [6.07, 6.45) is -0.686. The molecule has 0 saturated carbocycles. The molecule has 0 spiro atoms. The Morgan fingerprint density at radius 2 is 0.963 bits per heavy atom. The van der Waals surface area contributed by atoms with E-state index < -0.39 is 29.7 Å². The van der Waals surface area contributed by atoms with Gasteiger partial charge in [0, 0.05) is 7.11 Å². The van der Waals surface area contributed by atoms with Crippen LogP contribution in [0.25, 0.3) is 0 Å². The highest BCUT2D eigenvalue weighted by Gasteiger charge is 2.40. The van der Waals surface area contributed by atoms with Gasteiger partial charge < -0.3 is 4.74 Å². The van der Waals surface area contributed by atoms with Crippen molar-refractivity contribution in [2.45, 2.75) is 6.10 Å². The first-order chi connectivity index (χ1) is 13.0. The lowest BCUT2D eigenvalue weighted by molar-refractivity contribution is 0.0292. The standard InChI is InChI=1S/C20H16N2O5/c1-27-12(10-21-17(23)13-6-2-3-7-14(13)18(21)24)11-22-19(25)15-8-4-5-9-16(15)20(22)26/h2-9,12H,10-11H2,1H3. The predicted octanol–water partition coefficient (Wildman–Crippen LogP) is 1.59. The Morgan fingerprint density at radius 3 is 1.22 bits per heavy atom. The molecule has 2 aromatic carbocycles. The van der Waals surface area contributed by atoms with E-state index in [4.69, 9.17) is 4.74 Å². The van der Waals surface area contributed by atoms with Crippen LogP contribution in [0.4, 0.5) is 0 Å². The van der Waals surface area contributed by atoms with Crippen LogP contribution >= 0.6 is 0 Å². The van der Waals surface area contributed by atoms with E-state index in [0.717, 1.165) is 9.80 Å². The summed E-state index contributed by atoms with van der Waals surface area (Å²) >= 11 is 0. The number of fused-ring (bicyclic) bond motifs is 2. The zero-order chi connectivity index (χ0) is 19.1. The van der Waals surface area contributed by atoms with Gasteiger partial charge in [0.15, 0.2) is 0 Å². The van der Waals surface area contributed by atoms with E-state index in [-0.39, 0.29) is 13.1 Å². The number of nitrogens with zero attached hydrogens (tertiary/aromatic N) is 2. The van der Waals surface area contributed by atoms with Crippen LogP contribution in [0, 0.1) is 0 Å². The number of hydrogen-bond acceptors (Lipinski definition) is 5. The Morgan fingerprint density at radius 1 is 0.667 bits per heavy atom. The fraction of sp³-hybridized carbons (Fsp3) is 0.200. The molecule has 0 fully saturated rings. The molecule has 0 radical (unpaired) electrons. The van der Waals surface area contributed by atoms with Gasteiger partial charge in [0.1, 0.15) is 0 Å². The molecule has 0 atom stereocenters. The van der Waals surface area contributed by atoms with E-state index in [1.807, 2.05) is 0 Å². The van der Waals surface area contributed by atoms with Gasteiger partial charge in [-0.1, -0.05) is 24.3 Å². The second-order valence-corrected chi connectivity index (χ2v) is 6.39. The molecular weight excluding hydrogens is 348 g/mol. The highest BCUT2D eigenvalue weighted by molar-refractivity contribution is 6.22. The van der Waals surface area contributed by atoms with Gasteiger partial charge >= 0.3 is 0 Å². The summed E-state index contributed by atoms with van der Waals surface area (Å²) in [6.45, 7) is -0.0908. The smallest absolute Gasteiger partial charge is 0.261 e. The highest BCUT2D eigenvalue weighted by Crippen LogP contribution is 2.25. The number of ether oxygens (including phenoxy) is 1. The minimum absolute atomic E-state index is 0.0454. The summed E-state index contributed by atoms with van der Waals surface area (Å²) < 4.78 is 5.37. The third kappa shape index (κ3) is 2.63. The van der Waals surface area contributed by atoms with Crippen molar-refractivity contribution >= 4 is 23.6 Å². The molecule has 7 nitrogen and oxygen atoms in total.